The highest BCUT2D eigenvalue weighted by Crippen LogP contribution is 2.45. The van der Waals surface area contributed by atoms with E-state index in [0.29, 0.717) is 11.8 Å². The molecule has 2 aromatic rings. The first-order valence-electron chi connectivity index (χ1n) is 4.76. The lowest BCUT2D eigenvalue weighted by molar-refractivity contribution is 0.511. The van der Waals surface area contributed by atoms with Gasteiger partial charge in [-0.2, -0.15) is 0 Å². The van der Waals surface area contributed by atoms with Gasteiger partial charge in [0.25, 0.3) is 0 Å². The van der Waals surface area contributed by atoms with Gasteiger partial charge in [-0.15, -0.1) is 0 Å². The first-order valence-corrected chi connectivity index (χ1v) is 4.76. The number of aromatic nitrogens is 2. The molecule has 0 radical (unpaired) electrons. The molecule has 3 rings (SSSR count). The molecule has 0 aromatic carbocycles. The largest absolute Gasteiger partial charge is 0.303 e. The number of nitrogens with zero attached hydrogens (tertiary/aromatic N) is 2. The molecule has 13 heavy (non-hydrogen) atoms. The maximum absolute atomic E-state index is 4.59. The summed E-state index contributed by atoms with van der Waals surface area (Å²) in [5, 5.41) is 0. The summed E-state index contributed by atoms with van der Waals surface area (Å²) in [7, 11) is 0. The van der Waals surface area contributed by atoms with E-state index in [2.05, 4.69) is 41.6 Å². The zero-order valence-electron chi connectivity index (χ0n) is 7.86. The maximum Gasteiger partial charge on any atom is 0.137 e. The van der Waals surface area contributed by atoms with Gasteiger partial charge in [-0.3, -0.25) is 0 Å². The van der Waals surface area contributed by atoms with Crippen molar-refractivity contribution in [1.82, 2.24) is 9.38 Å². The summed E-state index contributed by atoms with van der Waals surface area (Å²) < 4.78 is 2.21. The van der Waals surface area contributed by atoms with E-state index < -0.39 is 0 Å². The fourth-order valence-electron chi connectivity index (χ4n) is 2.20. The average Bonchev–Trinajstić information content (AvgIpc) is 2.52. The quantitative estimate of drug-likeness (QED) is 0.597. The summed E-state index contributed by atoms with van der Waals surface area (Å²) in [6.45, 7) is 4.52. The Hall–Kier alpha value is -1.31. The molecule has 0 N–H and O–H groups in total. The molecule has 0 aliphatic heterocycles. The third-order valence-corrected chi connectivity index (χ3v) is 3.21. The van der Waals surface area contributed by atoms with Crippen molar-refractivity contribution in [1.29, 1.82) is 0 Å². The third kappa shape index (κ3) is 0.711. The van der Waals surface area contributed by atoms with Crippen LogP contribution in [-0.2, 0) is 0 Å². The van der Waals surface area contributed by atoms with Crippen LogP contribution in [0, 0.1) is 0 Å². The molecule has 0 fully saturated rings. The Morgan fingerprint density at radius 1 is 1.23 bits per heavy atom. The molecule has 2 atom stereocenters. The van der Waals surface area contributed by atoms with Gasteiger partial charge in [0.15, 0.2) is 0 Å². The summed E-state index contributed by atoms with van der Waals surface area (Å²) in [6.07, 6.45) is 2.10. The Morgan fingerprint density at radius 3 is 2.92 bits per heavy atom. The second kappa shape index (κ2) is 2.13. The zero-order chi connectivity index (χ0) is 9.00. The van der Waals surface area contributed by atoms with Crippen molar-refractivity contribution in [2.45, 2.75) is 25.7 Å². The molecule has 0 amide bonds. The second-order valence-electron chi connectivity index (χ2n) is 3.89. The van der Waals surface area contributed by atoms with Gasteiger partial charge in [-0.05, 0) is 12.1 Å². The SMILES string of the molecule is CC1c2nc3ccccn3c2C1C. The highest BCUT2D eigenvalue weighted by Gasteiger charge is 2.35. The minimum absolute atomic E-state index is 0.634. The number of hydrogen-bond donors (Lipinski definition) is 0. The first kappa shape index (κ1) is 7.13. The van der Waals surface area contributed by atoms with E-state index in [0.717, 1.165) is 5.65 Å². The Kier molecular flexibility index (Phi) is 1.17. The molecular weight excluding hydrogens is 160 g/mol. The summed E-state index contributed by atoms with van der Waals surface area (Å²) in [6, 6.07) is 6.17. The fourth-order valence-corrected chi connectivity index (χ4v) is 2.20. The van der Waals surface area contributed by atoms with E-state index >= 15 is 0 Å². The van der Waals surface area contributed by atoms with Gasteiger partial charge in [0.1, 0.15) is 5.65 Å². The van der Waals surface area contributed by atoms with Crippen molar-refractivity contribution in [2.24, 2.45) is 0 Å². The van der Waals surface area contributed by atoms with E-state index in [1.54, 1.807) is 0 Å². The minimum atomic E-state index is 0.634. The number of fused-ring (bicyclic) bond motifs is 3. The normalized spacial score (nSPS) is 25.7. The lowest BCUT2D eigenvalue weighted by atomic mass is 9.77. The van der Waals surface area contributed by atoms with Crippen LogP contribution in [0.15, 0.2) is 24.4 Å². The molecule has 0 spiro atoms. The van der Waals surface area contributed by atoms with E-state index in [1.807, 2.05) is 6.07 Å². The van der Waals surface area contributed by atoms with Crippen LogP contribution in [0.1, 0.15) is 37.1 Å². The number of rotatable bonds is 0. The monoisotopic (exact) mass is 172 g/mol. The smallest absolute Gasteiger partial charge is 0.137 e. The Morgan fingerprint density at radius 2 is 2.08 bits per heavy atom. The lowest BCUT2D eigenvalue weighted by Gasteiger charge is -2.29. The molecule has 2 heterocycles. The van der Waals surface area contributed by atoms with Crippen LogP contribution in [0.4, 0.5) is 0 Å². The summed E-state index contributed by atoms with van der Waals surface area (Å²) >= 11 is 0. The van der Waals surface area contributed by atoms with Crippen molar-refractivity contribution in [3.63, 3.8) is 0 Å². The Bertz CT molecular complexity index is 470. The van der Waals surface area contributed by atoms with E-state index in [4.69, 9.17) is 0 Å². The van der Waals surface area contributed by atoms with Gasteiger partial charge >= 0.3 is 0 Å². The lowest BCUT2D eigenvalue weighted by Crippen LogP contribution is -2.20. The molecule has 2 aromatic heterocycles. The standard InChI is InChI=1S/C11H12N2/c1-7-8(2)11-10(7)12-9-5-3-4-6-13(9)11/h3-8H,1-2H3. The fraction of sp³-hybridized carbons (Fsp3) is 0.364. The van der Waals surface area contributed by atoms with E-state index in [-0.39, 0.29) is 0 Å². The average molecular weight is 172 g/mol. The molecule has 2 heteroatoms. The zero-order valence-corrected chi connectivity index (χ0v) is 7.86. The van der Waals surface area contributed by atoms with Crippen molar-refractivity contribution < 1.29 is 0 Å². The number of pyridine rings is 1. The van der Waals surface area contributed by atoms with Gasteiger partial charge in [0.05, 0.1) is 5.69 Å². The highest BCUT2D eigenvalue weighted by atomic mass is 15.0. The Balaban J connectivity index is 2.39. The van der Waals surface area contributed by atoms with E-state index in [1.165, 1.54) is 11.4 Å². The summed E-state index contributed by atoms with van der Waals surface area (Å²) in [4.78, 5) is 4.59. The van der Waals surface area contributed by atoms with Crippen LogP contribution in [0.5, 0.6) is 0 Å². The predicted molar refractivity (Wildman–Crippen MR) is 52.0 cm³/mol. The van der Waals surface area contributed by atoms with Gasteiger partial charge in [-0.25, -0.2) is 4.98 Å². The molecular formula is C11H12N2. The van der Waals surface area contributed by atoms with Gasteiger partial charge in [-0.1, -0.05) is 19.9 Å². The summed E-state index contributed by atoms with van der Waals surface area (Å²) in [5.74, 6) is 1.29. The molecule has 2 nitrogen and oxygen atoms in total. The highest BCUT2D eigenvalue weighted by molar-refractivity contribution is 5.49. The second-order valence-corrected chi connectivity index (χ2v) is 3.89. The predicted octanol–water partition coefficient (Wildman–Crippen LogP) is 2.55. The molecule has 1 aliphatic carbocycles. The van der Waals surface area contributed by atoms with Gasteiger partial charge in [0.2, 0.25) is 0 Å². The molecule has 0 saturated carbocycles. The van der Waals surface area contributed by atoms with Crippen LogP contribution in [-0.4, -0.2) is 9.38 Å². The van der Waals surface area contributed by atoms with Crippen LogP contribution in [0.2, 0.25) is 0 Å². The summed E-state index contributed by atoms with van der Waals surface area (Å²) in [5.41, 5.74) is 3.78. The van der Waals surface area contributed by atoms with Crippen molar-refractivity contribution in [3.8, 4) is 0 Å². The van der Waals surface area contributed by atoms with Gasteiger partial charge in [0, 0.05) is 23.7 Å². The van der Waals surface area contributed by atoms with Crippen LogP contribution < -0.4 is 0 Å². The number of imidazole rings is 1. The molecule has 1 aliphatic rings. The third-order valence-electron chi connectivity index (χ3n) is 3.21. The maximum atomic E-state index is 4.59. The number of hydrogen-bond acceptors (Lipinski definition) is 1. The van der Waals surface area contributed by atoms with Crippen molar-refractivity contribution >= 4 is 5.65 Å². The van der Waals surface area contributed by atoms with Crippen LogP contribution in [0.3, 0.4) is 0 Å². The van der Waals surface area contributed by atoms with Crippen LogP contribution >= 0.6 is 0 Å². The molecule has 2 unspecified atom stereocenters. The van der Waals surface area contributed by atoms with Crippen molar-refractivity contribution in [3.05, 3.63) is 35.8 Å². The molecule has 0 saturated heterocycles. The molecule has 0 bridgehead atoms. The van der Waals surface area contributed by atoms with Crippen molar-refractivity contribution in [2.75, 3.05) is 0 Å². The molecule has 66 valence electrons. The topological polar surface area (TPSA) is 17.3 Å². The van der Waals surface area contributed by atoms with Crippen LogP contribution in [0.25, 0.3) is 5.65 Å². The Labute approximate surface area is 77.2 Å². The minimum Gasteiger partial charge on any atom is -0.303 e. The first-order chi connectivity index (χ1) is 6.29. The van der Waals surface area contributed by atoms with Gasteiger partial charge < -0.3 is 4.40 Å². The van der Waals surface area contributed by atoms with E-state index in [9.17, 15) is 0 Å².